The Kier molecular flexibility index (Phi) is 5.30. The van der Waals surface area contributed by atoms with Gasteiger partial charge in [-0.15, -0.1) is 0 Å². The molecule has 160 valence electrons. The molecule has 0 radical (unpaired) electrons. The first-order valence-electron chi connectivity index (χ1n) is 9.60. The maximum absolute atomic E-state index is 12.2. The van der Waals surface area contributed by atoms with Crippen molar-refractivity contribution in [3.05, 3.63) is 59.4 Å². The van der Waals surface area contributed by atoms with Crippen LogP contribution in [0.2, 0.25) is 0 Å². The summed E-state index contributed by atoms with van der Waals surface area (Å²) in [4.78, 5) is 28.5. The van der Waals surface area contributed by atoms with Crippen LogP contribution in [0, 0.1) is 18.3 Å². The number of nitrogens with zero attached hydrogens (tertiary/aromatic N) is 4. The molecule has 0 bridgehead atoms. The number of fused-ring (bicyclic) bond motifs is 1. The van der Waals surface area contributed by atoms with Gasteiger partial charge < -0.3 is 25.1 Å². The number of benzene rings is 2. The summed E-state index contributed by atoms with van der Waals surface area (Å²) in [6, 6.07) is 13.6. The van der Waals surface area contributed by atoms with E-state index in [1.165, 1.54) is 11.0 Å². The van der Waals surface area contributed by atoms with Gasteiger partial charge in [-0.25, -0.2) is 0 Å². The number of aryl methyl sites for hydroxylation is 1. The Hall–Kier alpha value is -4.65. The maximum atomic E-state index is 12.2. The van der Waals surface area contributed by atoms with E-state index in [2.05, 4.69) is 26.0 Å². The average Bonchev–Trinajstić information content (AvgIpc) is 3.15. The maximum Gasteiger partial charge on any atom is 0.507 e. The van der Waals surface area contributed by atoms with Gasteiger partial charge in [-0.1, -0.05) is 6.07 Å². The van der Waals surface area contributed by atoms with E-state index in [0.29, 0.717) is 45.3 Å². The van der Waals surface area contributed by atoms with Gasteiger partial charge in [-0.3, -0.25) is 4.79 Å². The van der Waals surface area contributed by atoms with Crippen molar-refractivity contribution in [2.75, 3.05) is 19.8 Å². The van der Waals surface area contributed by atoms with Gasteiger partial charge in [0.05, 0.1) is 17.3 Å². The summed E-state index contributed by atoms with van der Waals surface area (Å²) < 4.78 is 11.8. The second kappa shape index (κ2) is 8.23. The lowest BCUT2D eigenvalue weighted by Crippen LogP contribution is -2.21. The molecule has 0 aliphatic heterocycles. The minimum absolute atomic E-state index is 0.100. The zero-order valence-corrected chi connectivity index (χ0v) is 17.6. The Morgan fingerprint density at radius 3 is 2.75 bits per heavy atom. The molecule has 2 aromatic heterocycles. The van der Waals surface area contributed by atoms with Crippen LogP contribution in [0.5, 0.6) is 23.4 Å². The molecule has 4 aromatic rings. The third-order valence-corrected chi connectivity index (χ3v) is 4.51. The second-order valence-corrected chi connectivity index (χ2v) is 7.19. The minimum atomic E-state index is -0.150. The molecule has 4 rings (SSSR count). The highest BCUT2D eigenvalue weighted by atomic mass is 16.5. The fourth-order valence-corrected chi connectivity index (χ4v) is 2.99. The number of carbonyl (C=O) groups is 1. The van der Waals surface area contributed by atoms with Crippen molar-refractivity contribution < 1.29 is 19.3 Å². The number of carbonyl (C=O) groups excluding carboxylic acids is 1. The van der Waals surface area contributed by atoms with Crippen molar-refractivity contribution >= 4 is 22.8 Å². The average molecular weight is 430 g/mol. The number of nitrogen functional groups attached to an aromatic ring is 1. The summed E-state index contributed by atoms with van der Waals surface area (Å²) in [6.45, 7) is 1.78. The van der Waals surface area contributed by atoms with Crippen LogP contribution >= 0.6 is 0 Å². The standard InChI is InChI=1S/C22H19N7O3/c1-12-25-18-19(26-12)27-22(31-15-6-4-5-14(10-15)21(30)29(2)3)28-20(18)32-17-9-13(11-23)7-8-16(17)24/h4-10H,24H2,1-3H3,(H,25,26,27,28)/p+1. The third-order valence-electron chi connectivity index (χ3n) is 4.51. The van der Waals surface area contributed by atoms with Crippen LogP contribution in [-0.4, -0.2) is 39.9 Å². The molecule has 4 N–H and O–H groups in total. The van der Waals surface area contributed by atoms with Crippen molar-refractivity contribution in [3.63, 3.8) is 0 Å². The highest BCUT2D eigenvalue weighted by Crippen LogP contribution is 2.30. The summed E-state index contributed by atoms with van der Waals surface area (Å²) in [5.41, 5.74) is 8.12. The van der Waals surface area contributed by atoms with E-state index in [-0.39, 0.29) is 17.8 Å². The Bertz CT molecular complexity index is 1370. The van der Waals surface area contributed by atoms with Crippen molar-refractivity contribution in [2.45, 2.75) is 6.92 Å². The summed E-state index contributed by atoms with van der Waals surface area (Å²) in [5.74, 6) is 1.44. The highest BCUT2D eigenvalue weighted by Gasteiger charge is 2.23. The van der Waals surface area contributed by atoms with E-state index in [9.17, 15) is 10.1 Å². The number of anilines is 1. The molecule has 2 aromatic carbocycles. The third kappa shape index (κ3) is 4.13. The van der Waals surface area contributed by atoms with Crippen LogP contribution in [0.3, 0.4) is 0 Å². The van der Waals surface area contributed by atoms with Gasteiger partial charge in [0.1, 0.15) is 11.6 Å². The van der Waals surface area contributed by atoms with Gasteiger partial charge in [-0.2, -0.15) is 15.2 Å². The fourth-order valence-electron chi connectivity index (χ4n) is 2.99. The molecule has 10 nitrogen and oxygen atoms in total. The van der Waals surface area contributed by atoms with Gasteiger partial charge in [-0.05, 0) is 37.3 Å². The Labute approximate surface area is 183 Å². The number of nitrogens with two attached hydrogens (primary N) is 1. The van der Waals surface area contributed by atoms with Gasteiger partial charge >= 0.3 is 17.5 Å². The van der Waals surface area contributed by atoms with Crippen molar-refractivity contribution in [1.82, 2.24) is 19.9 Å². The number of aromatic amines is 2. The normalized spacial score (nSPS) is 10.6. The molecular weight excluding hydrogens is 410 g/mol. The smallest absolute Gasteiger partial charge is 0.419 e. The highest BCUT2D eigenvalue weighted by molar-refractivity contribution is 5.94. The number of amides is 1. The molecule has 1 amide bonds. The summed E-state index contributed by atoms with van der Waals surface area (Å²) in [5, 5.41) is 9.17. The van der Waals surface area contributed by atoms with E-state index < -0.39 is 0 Å². The van der Waals surface area contributed by atoms with Crippen LogP contribution in [0.4, 0.5) is 5.69 Å². The quantitative estimate of drug-likeness (QED) is 0.463. The molecule has 0 saturated carbocycles. The molecule has 0 atom stereocenters. The predicted molar refractivity (Wildman–Crippen MR) is 115 cm³/mol. The zero-order valence-electron chi connectivity index (χ0n) is 17.6. The number of nitriles is 1. The lowest BCUT2D eigenvalue weighted by atomic mass is 10.2. The number of aromatic nitrogens is 4. The number of hydrogen-bond acceptors (Lipinski definition) is 7. The van der Waals surface area contributed by atoms with E-state index in [1.807, 2.05) is 0 Å². The first-order valence-corrected chi connectivity index (χ1v) is 9.60. The number of nitrogens with one attached hydrogen (secondary N) is 2. The van der Waals surface area contributed by atoms with Gasteiger partial charge in [0.2, 0.25) is 0 Å². The SMILES string of the molecule is Cc1nc2nc(Oc3cccc(C(=O)N(C)C)c3)[nH+]c(Oc3cc(C#N)ccc3N)c2[nH]1. The molecule has 32 heavy (non-hydrogen) atoms. The molecule has 2 heterocycles. The summed E-state index contributed by atoms with van der Waals surface area (Å²) in [7, 11) is 3.35. The minimum Gasteiger partial charge on any atom is -0.419 e. The molecule has 0 aliphatic carbocycles. The van der Waals surface area contributed by atoms with Crippen LogP contribution in [-0.2, 0) is 0 Å². The summed E-state index contributed by atoms with van der Waals surface area (Å²) in [6.07, 6.45) is 0. The van der Waals surface area contributed by atoms with Gasteiger partial charge in [0, 0.05) is 30.7 Å². The molecule has 0 saturated heterocycles. The Morgan fingerprint density at radius 1 is 1.19 bits per heavy atom. The van der Waals surface area contributed by atoms with Crippen LogP contribution in [0.1, 0.15) is 21.7 Å². The van der Waals surface area contributed by atoms with Crippen LogP contribution in [0.25, 0.3) is 11.2 Å². The van der Waals surface area contributed by atoms with E-state index >= 15 is 0 Å². The van der Waals surface area contributed by atoms with Crippen LogP contribution < -0.4 is 20.2 Å². The number of ether oxygens (including phenoxy) is 2. The van der Waals surface area contributed by atoms with E-state index in [1.54, 1.807) is 57.4 Å². The Morgan fingerprint density at radius 2 is 2.00 bits per heavy atom. The lowest BCUT2D eigenvalue weighted by Gasteiger charge is -2.10. The number of imidazole rings is 1. The number of rotatable bonds is 5. The molecular formula is C22H20N7O3+. The van der Waals surface area contributed by atoms with Crippen molar-refractivity contribution in [3.8, 4) is 29.5 Å². The van der Waals surface area contributed by atoms with E-state index in [0.717, 1.165) is 0 Å². The monoisotopic (exact) mass is 430 g/mol. The van der Waals surface area contributed by atoms with Crippen molar-refractivity contribution in [1.29, 1.82) is 5.26 Å². The second-order valence-electron chi connectivity index (χ2n) is 7.19. The summed E-state index contributed by atoms with van der Waals surface area (Å²) >= 11 is 0. The van der Waals surface area contributed by atoms with Gasteiger partial charge in [0.15, 0.2) is 11.3 Å². The molecule has 0 fully saturated rings. The van der Waals surface area contributed by atoms with Crippen molar-refractivity contribution in [2.24, 2.45) is 0 Å². The predicted octanol–water partition coefficient (Wildman–Crippen LogP) is 2.82. The topological polar surface area (TPSA) is 144 Å². The van der Waals surface area contributed by atoms with Gasteiger partial charge in [0.25, 0.3) is 5.91 Å². The van der Waals surface area contributed by atoms with E-state index in [4.69, 9.17) is 15.2 Å². The molecule has 10 heteroatoms. The Balaban J connectivity index is 1.73. The number of H-pyrrole nitrogens is 2. The lowest BCUT2D eigenvalue weighted by molar-refractivity contribution is -0.405. The largest absolute Gasteiger partial charge is 0.507 e. The molecule has 0 spiro atoms. The number of hydrogen-bond donors (Lipinski definition) is 2. The zero-order chi connectivity index (χ0) is 22.8. The first kappa shape index (κ1) is 20.6. The molecule has 0 unspecified atom stereocenters. The fraction of sp³-hybridized carbons (Fsp3) is 0.136. The molecule has 0 aliphatic rings. The van der Waals surface area contributed by atoms with Crippen LogP contribution in [0.15, 0.2) is 42.5 Å². The first-order chi connectivity index (χ1) is 15.3.